The van der Waals surface area contributed by atoms with Gasteiger partial charge in [0, 0.05) is 17.2 Å². The minimum atomic E-state index is -1.09. The van der Waals surface area contributed by atoms with Crippen LogP contribution in [0.1, 0.15) is 30.1 Å². The third-order valence-corrected chi connectivity index (χ3v) is 3.08. The van der Waals surface area contributed by atoms with Crippen LogP contribution >= 0.6 is 0 Å². The van der Waals surface area contributed by atoms with Crippen LogP contribution < -0.4 is 10.6 Å². The van der Waals surface area contributed by atoms with Crippen molar-refractivity contribution in [1.29, 1.82) is 0 Å². The van der Waals surface area contributed by atoms with Crippen molar-refractivity contribution in [2.24, 2.45) is 5.92 Å². The van der Waals surface area contributed by atoms with E-state index in [2.05, 4.69) is 10.6 Å². The molecule has 1 unspecified atom stereocenters. The van der Waals surface area contributed by atoms with Crippen molar-refractivity contribution in [2.45, 2.75) is 25.8 Å². The quantitative estimate of drug-likeness (QED) is 0.754. The van der Waals surface area contributed by atoms with Gasteiger partial charge in [-0.05, 0) is 44.0 Å². The number of amides is 2. The zero-order chi connectivity index (χ0) is 14.7. The summed E-state index contributed by atoms with van der Waals surface area (Å²) in [7, 11) is 0. The number of aliphatic carboxylic acids is 1. The summed E-state index contributed by atoms with van der Waals surface area (Å²) < 4.78 is 0. The highest BCUT2D eigenvalue weighted by molar-refractivity contribution is 5.98. The van der Waals surface area contributed by atoms with Crippen LogP contribution in [0, 0.1) is 5.92 Å². The molecule has 20 heavy (non-hydrogen) atoms. The van der Waals surface area contributed by atoms with Gasteiger partial charge in [0.25, 0.3) is 5.91 Å². The highest BCUT2D eigenvalue weighted by atomic mass is 16.4. The Kier molecular flexibility index (Phi) is 4.02. The molecule has 0 aliphatic heterocycles. The minimum Gasteiger partial charge on any atom is -0.480 e. The Morgan fingerprint density at radius 1 is 1.20 bits per heavy atom. The molecule has 3 N–H and O–H groups in total. The van der Waals surface area contributed by atoms with Gasteiger partial charge in [-0.1, -0.05) is 0 Å². The molecule has 0 radical (unpaired) electrons. The monoisotopic (exact) mass is 276 g/mol. The molecule has 0 saturated heterocycles. The van der Waals surface area contributed by atoms with Crippen molar-refractivity contribution in [3.8, 4) is 0 Å². The molecule has 1 aliphatic carbocycles. The molecule has 2 amide bonds. The average molecular weight is 276 g/mol. The molecule has 1 saturated carbocycles. The number of hydrogen-bond acceptors (Lipinski definition) is 3. The Morgan fingerprint density at radius 2 is 1.80 bits per heavy atom. The number of rotatable bonds is 5. The summed E-state index contributed by atoms with van der Waals surface area (Å²) >= 11 is 0. The van der Waals surface area contributed by atoms with Crippen LogP contribution in [-0.2, 0) is 9.59 Å². The van der Waals surface area contributed by atoms with E-state index in [4.69, 9.17) is 5.11 Å². The van der Waals surface area contributed by atoms with E-state index < -0.39 is 17.9 Å². The smallest absolute Gasteiger partial charge is 0.325 e. The fraction of sp³-hybridized carbons (Fsp3) is 0.357. The first-order valence-corrected chi connectivity index (χ1v) is 6.42. The zero-order valence-corrected chi connectivity index (χ0v) is 11.1. The van der Waals surface area contributed by atoms with Gasteiger partial charge >= 0.3 is 5.97 Å². The van der Waals surface area contributed by atoms with Crippen LogP contribution in [0.2, 0.25) is 0 Å². The number of benzene rings is 1. The van der Waals surface area contributed by atoms with Crippen molar-refractivity contribution in [3.63, 3.8) is 0 Å². The topological polar surface area (TPSA) is 95.5 Å². The summed E-state index contributed by atoms with van der Waals surface area (Å²) in [6.07, 6.45) is 1.86. The lowest BCUT2D eigenvalue weighted by Crippen LogP contribution is -2.38. The second kappa shape index (κ2) is 5.73. The van der Waals surface area contributed by atoms with E-state index in [0.717, 1.165) is 12.8 Å². The van der Waals surface area contributed by atoms with Gasteiger partial charge in [-0.2, -0.15) is 0 Å². The lowest BCUT2D eigenvalue weighted by Gasteiger charge is -2.10. The van der Waals surface area contributed by atoms with Gasteiger partial charge in [-0.25, -0.2) is 0 Å². The Bertz CT molecular complexity index is 535. The Hall–Kier alpha value is -2.37. The number of carbonyl (C=O) groups excluding carboxylic acids is 2. The van der Waals surface area contributed by atoms with E-state index in [1.54, 1.807) is 24.3 Å². The van der Waals surface area contributed by atoms with Gasteiger partial charge in [0.2, 0.25) is 5.91 Å². The second-order valence-corrected chi connectivity index (χ2v) is 4.87. The summed E-state index contributed by atoms with van der Waals surface area (Å²) in [5.41, 5.74) is 0.979. The number of carboxylic acids is 1. The molecule has 0 bridgehead atoms. The SMILES string of the molecule is CC(NC(=O)c1ccc(NC(=O)C2CC2)cc1)C(=O)O. The third kappa shape index (κ3) is 3.57. The number of anilines is 1. The van der Waals surface area contributed by atoms with Crippen molar-refractivity contribution >= 4 is 23.5 Å². The first-order valence-electron chi connectivity index (χ1n) is 6.42. The molecular formula is C14H16N2O4. The van der Waals surface area contributed by atoms with Crippen molar-refractivity contribution < 1.29 is 19.5 Å². The number of hydrogen-bond donors (Lipinski definition) is 3. The molecule has 1 aliphatic rings. The first kappa shape index (κ1) is 14.0. The van der Waals surface area contributed by atoms with Gasteiger partial charge in [0.15, 0.2) is 0 Å². The maximum absolute atomic E-state index is 11.7. The highest BCUT2D eigenvalue weighted by Crippen LogP contribution is 2.30. The largest absolute Gasteiger partial charge is 0.480 e. The summed E-state index contributed by atoms with van der Waals surface area (Å²) in [5.74, 6) is -1.43. The lowest BCUT2D eigenvalue weighted by molar-refractivity contribution is -0.138. The second-order valence-electron chi connectivity index (χ2n) is 4.87. The first-order chi connectivity index (χ1) is 9.47. The molecule has 0 spiro atoms. The molecular weight excluding hydrogens is 260 g/mol. The Morgan fingerprint density at radius 3 is 2.30 bits per heavy atom. The molecule has 6 heteroatoms. The summed E-state index contributed by atoms with van der Waals surface area (Å²) in [4.78, 5) is 34.0. The van der Waals surface area contributed by atoms with Gasteiger partial charge < -0.3 is 15.7 Å². The summed E-state index contributed by atoms with van der Waals surface area (Å²) in [6.45, 7) is 1.39. The third-order valence-electron chi connectivity index (χ3n) is 3.08. The van der Waals surface area contributed by atoms with E-state index in [9.17, 15) is 14.4 Å². The average Bonchev–Trinajstić information content (AvgIpc) is 3.23. The van der Waals surface area contributed by atoms with Crippen LogP contribution in [0.5, 0.6) is 0 Å². The Balaban J connectivity index is 1.94. The standard InChI is InChI=1S/C14H16N2O4/c1-8(14(19)20)15-12(17)10-4-6-11(7-5-10)16-13(18)9-2-3-9/h4-9H,2-3H2,1H3,(H,15,17)(H,16,18)(H,19,20). The summed E-state index contributed by atoms with van der Waals surface area (Å²) in [5, 5.41) is 13.8. The van der Waals surface area contributed by atoms with Crippen molar-refractivity contribution in [1.82, 2.24) is 5.32 Å². The van der Waals surface area contributed by atoms with Gasteiger partial charge in [0.05, 0.1) is 0 Å². The van der Waals surface area contributed by atoms with Gasteiger partial charge in [-0.3, -0.25) is 14.4 Å². The fourth-order valence-electron chi connectivity index (χ4n) is 1.64. The van der Waals surface area contributed by atoms with E-state index in [1.807, 2.05) is 0 Å². The molecule has 1 fully saturated rings. The van der Waals surface area contributed by atoms with Gasteiger partial charge in [0.1, 0.15) is 6.04 Å². The molecule has 0 aromatic heterocycles. The lowest BCUT2D eigenvalue weighted by atomic mass is 10.1. The van der Waals surface area contributed by atoms with Crippen LogP contribution in [0.4, 0.5) is 5.69 Å². The van der Waals surface area contributed by atoms with E-state index in [-0.39, 0.29) is 11.8 Å². The maximum atomic E-state index is 11.7. The van der Waals surface area contributed by atoms with E-state index in [1.165, 1.54) is 6.92 Å². The number of carboxylic acid groups (broad SMARTS) is 1. The van der Waals surface area contributed by atoms with Crippen LogP contribution in [0.25, 0.3) is 0 Å². The number of nitrogens with one attached hydrogen (secondary N) is 2. The van der Waals surface area contributed by atoms with Crippen LogP contribution in [0.3, 0.4) is 0 Å². The van der Waals surface area contributed by atoms with E-state index in [0.29, 0.717) is 11.3 Å². The Labute approximate surface area is 116 Å². The number of carbonyl (C=O) groups is 3. The molecule has 6 nitrogen and oxygen atoms in total. The normalized spacial score (nSPS) is 15.2. The zero-order valence-electron chi connectivity index (χ0n) is 11.1. The van der Waals surface area contributed by atoms with Crippen LogP contribution in [0.15, 0.2) is 24.3 Å². The highest BCUT2D eigenvalue weighted by Gasteiger charge is 2.29. The van der Waals surface area contributed by atoms with Gasteiger partial charge in [-0.15, -0.1) is 0 Å². The molecule has 0 heterocycles. The van der Waals surface area contributed by atoms with E-state index >= 15 is 0 Å². The predicted octanol–water partition coefficient (Wildman–Crippen LogP) is 1.24. The minimum absolute atomic E-state index is 0.00157. The molecule has 1 aromatic rings. The molecule has 106 valence electrons. The van der Waals surface area contributed by atoms with Crippen molar-refractivity contribution in [3.05, 3.63) is 29.8 Å². The molecule has 1 atom stereocenters. The van der Waals surface area contributed by atoms with Crippen LogP contribution in [-0.4, -0.2) is 28.9 Å². The van der Waals surface area contributed by atoms with Crippen molar-refractivity contribution in [2.75, 3.05) is 5.32 Å². The maximum Gasteiger partial charge on any atom is 0.325 e. The predicted molar refractivity (Wildman–Crippen MR) is 72.4 cm³/mol. The fourth-order valence-corrected chi connectivity index (χ4v) is 1.64. The molecule has 1 aromatic carbocycles. The molecule has 2 rings (SSSR count). The summed E-state index contributed by atoms with van der Waals surface area (Å²) in [6, 6.07) is 5.40.